The number of aliphatic carboxylic acids is 1. The molecule has 114 valence electrons. The highest BCUT2D eigenvalue weighted by Gasteiger charge is 2.14. The van der Waals surface area contributed by atoms with Gasteiger partial charge in [0.05, 0.1) is 11.5 Å². The number of benzene rings is 1. The van der Waals surface area contributed by atoms with E-state index in [1.807, 2.05) is 24.3 Å². The highest BCUT2D eigenvalue weighted by Crippen LogP contribution is 2.20. The molecule has 0 unspecified atom stereocenters. The average molecular weight is 308 g/mol. The number of carbonyl (C=O) groups excluding carboxylic acids is 1. The number of rotatable bonds is 7. The predicted octanol–water partition coefficient (Wildman–Crippen LogP) is 2.04. The van der Waals surface area contributed by atoms with Gasteiger partial charge in [-0.05, 0) is 37.6 Å². The molecular weight excluding hydrogens is 288 g/mol. The van der Waals surface area contributed by atoms with Crippen molar-refractivity contribution in [2.75, 3.05) is 29.9 Å². The summed E-state index contributed by atoms with van der Waals surface area (Å²) in [5.41, 5.74) is 1.93. The molecule has 1 fully saturated rings. The lowest BCUT2D eigenvalue weighted by molar-refractivity contribution is -0.133. The van der Waals surface area contributed by atoms with Gasteiger partial charge < -0.3 is 10.4 Å². The standard InChI is InChI=1S/C15H20N2O3S/c18-14(10-21-11-15(19)20)16-13-6-2-1-5-12(13)9-17-7-3-4-8-17/h1-2,5-6H,3-4,7-11H2,(H,16,18)(H,19,20). The fourth-order valence-corrected chi connectivity index (χ4v) is 2.91. The summed E-state index contributed by atoms with van der Waals surface area (Å²) >= 11 is 1.11. The Morgan fingerprint density at radius 1 is 1.19 bits per heavy atom. The summed E-state index contributed by atoms with van der Waals surface area (Å²) in [7, 11) is 0. The quantitative estimate of drug-likeness (QED) is 0.806. The normalized spacial score (nSPS) is 15.0. The summed E-state index contributed by atoms with van der Waals surface area (Å²) in [4.78, 5) is 24.7. The molecule has 0 saturated carbocycles. The highest BCUT2D eigenvalue weighted by molar-refractivity contribution is 8.00. The van der Waals surface area contributed by atoms with Crippen molar-refractivity contribution >= 4 is 29.3 Å². The maximum Gasteiger partial charge on any atom is 0.313 e. The van der Waals surface area contributed by atoms with E-state index in [1.165, 1.54) is 12.8 Å². The van der Waals surface area contributed by atoms with Crippen LogP contribution in [0.1, 0.15) is 18.4 Å². The van der Waals surface area contributed by atoms with Crippen LogP contribution in [0.2, 0.25) is 0 Å². The predicted molar refractivity (Wildman–Crippen MR) is 84.5 cm³/mol. The summed E-state index contributed by atoms with van der Waals surface area (Å²) < 4.78 is 0. The van der Waals surface area contributed by atoms with Crippen molar-refractivity contribution in [3.05, 3.63) is 29.8 Å². The van der Waals surface area contributed by atoms with E-state index in [9.17, 15) is 9.59 Å². The molecule has 0 aromatic heterocycles. The van der Waals surface area contributed by atoms with Crippen LogP contribution < -0.4 is 5.32 Å². The van der Waals surface area contributed by atoms with Gasteiger partial charge in [-0.25, -0.2) is 0 Å². The summed E-state index contributed by atoms with van der Waals surface area (Å²) in [5.74, 6) is -0.954. The van der Waals surface area contributed by atoms with E-state index in [2.05, 4.69) is 10.2 Å². The zero-order valence-corrected chi connectivity index (χ0v) is 12.7. The minimum atomic E-state index is -0.901. The number of nitrogens with zero attached hydrogens (tertiary/aromatic N) is 1. The summed E-state index contributed by atoms with van der Waals surface area (Å²) in [6, 6.07) is 7.79. The molecule has 1 aliphatic rings. The molecule has 1 amide bonds. The van der Waals surface area contributed by atoms with Crippen LogP contribution in [-0.4, -0.2) is 46.5 Å². The maximum atomic E-state index is 11.8. The van der Waals surface area contributed by atoms with Crippen LogP contribution in [-0.2, 0) is 16.1 Å². The molecule has 0 aliphatic carbocycles. The van der Waals surface area contributed by atoms with Crippen LogP contribution in [0.5, 0.6) is 0 Å². The molecule has 1 aliphatic heterocycles. The highest BCUT2D eigenvalue weighted by atomic mass is 32.2. The fraction of sp³-hybridized carbons (Fsp3) is 0.467. The average Bonchev–Trinajstić information content (AvgIpc) is 2.93. The van der Waals surface area contributed by atoms with E-state index in [4.69, 9.17) is 5.11 Å². The Hall–Kier alpha value is -1.53. The molecule has 1 heterocycles. The Kier molecular flexibility index (Phi) is 6.07. The number of hydrogen-bond donors (Lipinski definition) is 2. The first-order valence-corrected chi connectivity index (χ1v) is 8.20. The molecule has 0 spiro atoms. The SMILES string of the molecule is O=C(O)CSCC(=O)Nc1ccccc1CN1CCCC1. The van der Waals surface area contributed by atoms with Crippen molar-refractivity contribution in [3.8, 4) is 0 Å². The second-order valence-corrected chi connectivity index (χ2v) is 6.06. The van der Waals surface area contributed by atoms with Crippen molar-refractivity contribution < 1.29 is 14.7 Å². The molecule has 1 aromatic rings. The van der Waals surface area contributed by atoms with Crippen molar-refractivity contribution in [2.45, 2.75) is 19.4 Å². The summed E-state index contributed by atoms with van der Waals surface area (Å²) in [6.07, 6.45) is 2.47. The van der Waals surface area contributed by atoms with E-state index in [1.54, 1.807) is 0 Å². The number of hydrogen-bond acceptors (Lipinski definition) is 4. The zero-order valence-electron chi connectivity index (χ0n) is 11.9. The number of carboxylic acids is 1. The van der Waals surface area contributed by atoms with E-state index in [0.29, 0.717) is 0 Å². The Labute approximate surface area is 128 Å². The monoisotopic (exact) mass is 308 g/mol. The van der Waals surface area contributed by atoms with Crippen molar-refractivity contribution in [1.82, 2.24) is 4.90 Å². The molecule has 0 atom stereocenters. The minimum absolute atomic E-state index is 0.0527. The Balaban J connectivity index is 1.89. The van der Waals surface area contributed by atoms with Gasteiger partial charge in [-0.15, -0.1) is 11.8 Å². The third-order valence-electron chi connectivity index (χ3n) is 3.34. The molecule has 2 rings (SSSR count). The zero-order chi connectivity index (χ0) is 15.1. The number of amides is 1. The Morgan fingerprint density at radius 3 is 2.62 bits per heavy atom. The van der Waals surface area contributed by atoms with E-state index < -0.39 is 5.97 Å². The number of para-hydroxylation sites is 1. The van der Waals surface area contributed by atoms with Gasteiger partial charge in [-0.3, -0.25) is 14.5 Å². The number of likely N-dealkylation sites (tertiary alicyclic amines) is 1. The number of nitrogens with one attached hydrogen (secondary N) is 1. The van der Waals surface area contributed by atoms with Gasteiger partial charge in [0.1, 0.15) is 0 Å². The largest absolute Gasteiger partial charge is 0.481 e. The lowest BCUT2D eigenvalue weighted by Gasteiger charge is -2.17. The summed E-state index contributed by atoms with van der Waals surface area (Å²) in [6.45, 7) is 3.06. The lowest BCUT2D eigenvalue weighted by Crippen LogP contribution is -2.21. The molecule has 1 saturated heterocycles. The molecule has 1 aromatic carbocycles. The van der Waals surface area contributed by atoms with Gasteiger partial charge in [-0.2, -0.15) is 0 Å². The van der Waals surface area contributed by atoms with Gasteiger partial charge >= 0.3 is 5.97 Å². The smallest absolute Gasteiger partial charge is 0.313 e. The Morgan fingerprint density at radius 2 is 1.90 bits per heavy atom. The topological polar surface area (TPSA) is 69.6 Å². The first-order chi connectivity index (χ1) is 10.1. The first kappa shape index (κ1) is 15.9. The lowest BCUT2D eigenvalue weighted by atomic mass is 10.1. The van der Waals surface area contributed by atoms with E-state index in [0.717, 1.165) is 42.6 Å². The third-order valence-corrected chi connectivity index (χ3v) is 4.26. The first-order valence-electron chi connectivity index (χ1n) is 7.05. The van der Waals surface area contributed by atoms with Crippen molar-refractivity contribution in [3.63, 3.8) is 0 Å². The van der Waals surface area contributed by atoms with Crippen molar-refractivity contribution in [2.24, 2.45) is 0 Å². The van der Waals surface area contributed by atoms with E-state index in [-0.39, 0.29) is 17.4 Å². The second kappa shape index (κ2) is 8.05. The molecule has 0 radical (unpaired) electrons. The number of carbonyl (C=O) groups is 2. The van der Waals surface area contributed by atoms with Crippen LogP contribution in [0.4, 0.5) is 5.69 Å². The number of carboxylic acid groups (broad SMARTS) is 1. The van der Waals surface area contributed by atoms with Crippen LogP contribution in [0.25, 0.3) is 0 Å². The van der Waals surface area contributed by atoms with Gasteiger partial charge in [0.25, 0.3) is 0 Å². The minimum Gasteiger partial charge on any atom is -0.481 e. The molecule has 5 nitrogen and oxygen atoms in total. The Bertz CT molecular complexity index is 501. The van der Waals surface area contributed by atoms with Gasteiger partial charge in [0, 0.05) is 12.2 Å². The van der Waals surface area contributed by atoms with E-state index >= 15 is 0 Å². The maximum absolute atomic E-state index is 11.8. The molecule has 6 heteroatoms. The van der Waals surface area contributed by atoms with Gasteiger partial charge in [0.2, 0.25) is 5.91 Å². The molecule has 21 heavy (non-hydrogen) atoms. The van der Waals surface area contributed by atoms with Crippen LogP contribution in [0, 0.1) is 0 Å². The van der Waals surface area contributed by atoms with Crippen LogP contribution in [0.3, 0.4) is 0 Å². The second-order valence-electron chi connectivity index (χ2n) is 5.08. The molecular formula is C15H20N2O3S. The molecule has 2 N–H and O–H groups in total. The van der Waals surface area contributed by atoms with Gasteiger partial charge in [-0.1, -0.05) is 18.2 Å². The molecule has 0 bridgehead atoms. The number of anilines is 1. The third kappa shape index (κ3) is 5.40. The van der Waals surface area contributed by atoms with Crippen molar-refractivity contribution in [1.29, 1.82) is 0 Å². The summed E-state index contributed by atoms with van der Waals surface area (Å²) in [5, 5.41) is 11.4. The van der Waals surface area contributed by atoms with Crippen LogP contribution in [0.15, 0.2) is 24.3 Å². The van der Waals surface area contributed by atoms with Gasteiger partial charge in [0.15, 0.2) is 0 Å². The number of thioether (sulfide) groups is 1. The fourth-order valence-electron chi connectivity index (χ4n) is 2.38. The van der Waals surface area contributed by atoms with Crippen LogP contribution >= 0.6 is 11.8 Å².